The number of carbonyl (C=O) groups is 1. The van der Waals surface area contributed by atoms with Crippen molar-refractivity contribution in [2.75, 3.05) is 13.7 Å². The van der Waals surface area contributed by atoms with Gasteiger partial charge in [0.05, 0.1) is 19.9 Å². The number of nitrogens with zero attached hydrogens (tertiary/aromatic N) is 2. The van der Waals surface area contributed by atoms with Crippen LogP contribution in [0.1, 0.15) is 50.3 Å². The SMILES string of the molecule is CCCCCCOc1ccc(/C=N/NC(=O)CCc2n[nH]c(=O)[nH]c2=O)cc1OC. The zero-order chi connectivity index (χ0) is 21.8. The van der Waals surface area contributed by atoms with Crippen LogP contribution in [0, 0.1) is 0 Å². The van der Waals surface area contributed by atoms with Crippen LogP contribution in [0.5, 0.6) is 11.5 Å². The molecule has 0 aliphatic carbocycles. The number of methoxy groups -OCH3 is 1. The Balaban J connectivity index is 1.83. The number of benzene rings is 1. The molecular formula is C20H27N5O5. The summed E-state index contributed by atoms with van der Waals surface area (Å²) in [6, 6.07) is 5.38. The first-order valence-electron chi connectivity index (χ1n) is 9.84. The summed E-state index contributed by atoms with van der Waals surface area (Å²) >= 11 is 0. The third-order valence-electron chi connectivity index (χ3n) is 4.22. The molecule has 10 nitrogen and oxygen atoms in total. The Labute approximate surface area is 173 Å². The molecule has 0 aliphatic heterocycles. The summed E-state index contributed by atoms with van der Waals surface area (Å²) in [5.41, 5.74) is 1.87. The molecular weight excluding hydrogens is 390 g/mol. The van der Waals surface area contributed by atoms with Crippen LogP contribution in [0.15, 0.2) is 32.9 Å². The standard InChI is InChI=1S/C20H27N5O5/c1-3-4-5-6-11-30-16-9-7-14(12-17(16)29-2)13-21-24-18(26)10-8-15-19(27)22-20(28)25-23-15/h7,9,12-13H,3-6,8,10-11H2,1-2H3,(H,24,26)(H2,22,25,27,28)/b21-13+. The molecule has 2 rings (SSSR count). The first kappa shape index (κ1) is 22.9. The topological polar surface area (TPSA) is 139 Å². The summed E-state index contributed by atoms with van der Waals surface area (Å²) < 4.78 is 11.1. The van der Waals surface area contributed by atoms with Gasteiger partial charge in [0.2, 0.25) is 5.91 Å². The number of hydrogen-bond acceptors (Lipinski definition) is 7. The minimum atomic E-state index is -0.693. The summed E-state index contributed by atoms with van der Waals surface area (Å²) in [5, 5.41) is 9.64. The molecule has 0 spiro atoms. The zero-order valence-electron chi connectivity index (χ0n) is 17.2. The van der Waals surface area contributed by atoms with E-state index in [1.54, 1.807) is 19.2 Å². The number of aromatic amines is 2. The number of unbranched alkanes of at least 4 members (excludes halogenated alkanes) is 3. The maximum Gasteiger partial charge on any atom is 0.342 e. The van der Waals surface area contributed by atoms with Gasteiger partial charge >= 0.3 is 5.69 Å². The molecule has 1 amide bonds. The summed E-state index contributed by atoms with van der Waals surface area (Å²) in [7, 11) is 1.56. The van der Waals surface area contributed by atoms with Gasteiger partial charge in [-0.2, -0.15) is 10.2 Å². The Morgan fingerprint density at radius 3 is 2.80 bits per heavy atom. The molecule has 0 aliphatic rings. The van der Waals surface area contributed by atoms with Crippen LogP contribution in [0.25, 0.3) is 0 Å². The quantitative estimate of drug-likeness (QED) is 0.272. The van der Waals surface area contributed by atoms with Crippen molar-refractivity contribution in [3.63, 3.8) is 0 Å². The Morgan fingerprint density at radius 1 is 1.23 bits per heavy atom. The van der Waals surface area contributed by atoms with Gasteiger partial charge in [-0.3, -0.25) is 14.6 Å². The summed E-state index contributed by atoms with van der Waals surface area (Å²) in [6.07, 6.45) is 6.05. The third-order valence-corrected chi connectivity index (χ3v) is 4.22. The molecule has 10 heteroatoms. The number of aromatic nitrogens is 3. The number of H-pyrrole nitrogens is 2. The zero-order valence-corrected chi connectivity index (χ0v) is 17.2. The predicted molar refractivity (Wildman–Crippen MR) is 112 cm³/mol. The van der Waals surface area contributed by atoms with Crippen LogP contribution in [-0.4, -0.2) is 41.0 Å². The minimum absolute atomic E-state index is 0.00636. The molecule has 3 N–H and O–H groups in total. The van der Waals surface area contributed by atoms with Gasteiger partial charge in [-0.05, 0) is 30.2 Å². The fourth-order valence-electron chi connectivity index (χ4n) is 2.60. The summed E-state index contributed by atoms with van der Waals surface area (Å²) in [6.45, 7) is 2.80. The van der Waals surface area contributed by atoms with Gasteiger partial charge < -0.3 is 9.47 Å². The van der Waals surface area contributed by atoms with E-state index in [1.165, 1.54) is 19.1 Å². The van der Waals surface area contributed by atoms with Crippen molar-refractivity contribution in [1.29, 1.82) is 0 Å². The van der Waals surface area contributed by atoms with E-state index in [2.05, 4.69) is 32.6 Å². The van der Waals surface area contributed by atoms with Gasteiger partial charge in [-0.25, -0.2) is 15.3 Å². The molecule has 2 aromatic rings. The van der Waals surface area contributed by atoms with E-state index in [1.807, 2.05) is 6.07 Å². The van der Waals surface area contributed by atoms with Gasteiger partial charge in [-0.1, -0.05) is 26.2 Å². The van der Waals surface area contributed by atoms with Crippen LogP contribution in [0.4, 0.5) is 0 Å². The highest BCUT2D eigenvalue weighted by atomic mass is 16.5. The number of nitrogens with one attached hydrogen (secondary N) is 3. The van der Waals surface area contributed by atoms with Crippen LogP contribution in [0.3, 0.4) is 0 Å². The van der Waals surface area contributed by atoms with E-state index in [0.717, 1.165) is 18.4 Å². The molecule has 162 valence electrons. The Hall–Kier alpha value is -3.43. The largest absolute Gasteiger partial charge is 0.493 e. The second-order valence-corrected chi connectivity index (χ2v) is 6.57. The van der Waals surface area contributed by atoms with E-state index >= 15 is 0 Å². The molecule has 0 atom stereocenters. The highest BCUT2D eigenvalue weighted by Crippen LogP contribution is 2.27. The Morgan fingerprint density at radius 2 is 2.07 bits per heavy atom. The van der Waals surface area contributed by atoms with Crippen LogP contribution < -0.4 is 26.1 Å². The Bertz CT molecular complexity index is 967. The Kier molecular flexibility index (Phi) is 9.29. The molecule has 1 aromatic carbocycles. The molecule has 0 saturated heterocycles. The van der Waals surface area contributed by atoms with Crippen molar-refractivity contribution in [2.45, 2.75) is 45.4 Å². The molecule has 0 saturated carbocycles. The van der Waals surface area contributed by atoms with Crippen LogP contribution >= 0.6 is 0 Å². The maximum absolute atomic E-state index is 11.9. The van der Waals surface area contributed by atoms with E-state index in [4.69, 9.17) is 9.47 Å². The molecule has 0 fully saturated rings. The average molecular weight is 417 g/mol. The fourth-order valence-corrected chi connectivity index (χ4v) is 2.60. The molecule has 0 radical (unpaired) electrons. The number of hydrogen-bond donors (Lipinski definition) is 3. The number of rotatable bonds is 12. The lowest BCUT2D eigenvalue weighted by atomic mass is 10.2. The first-order valence-corrected chi connectivity index (χ1v) is 9.84. The van der Waals surface area contributed by atoms with Crippen molar-refractivity contribution in [3.05, 3.63) is 50.3 Å². The molecule has 30 heavy (non-hydrogen) atoms. The lowest BCUT2D eigenvalue weighted by molar-refractivity contribution is -0.121. The van der Waals surface area contributed by atoms with Gasteiger partial charge in [0.1, 0.15) is 5.69 Å². The van der Waals surface area contributed by atoms with Gasteiger partial charge in [-0.15, -0.1) is 0 Å². The van der Waals surface area contributed by atoms with Gasteiger partial charge in [0.15, 0.2) is 11.5 Å². The molecule has 0 unspecified atom stereocenters. The van der Waals surface area contributed by atoms with E-state index < -0.39 is 17.2 Å². The lowest BCUT2D eigenvalue weighted by Gasteiger charge is -2.11. The minimum Gasteiger partial charge on any atom is -0.493 e. The molecule has 1 heterocycles. The smallest absolute Gasteiger partial charge is 0.342 e. The fraction of sp³-hybridized carbons (Fsp3) is 0.450. The van der Waals surface area contributed by atoms with Crippen molar-refractivity contribution in [1.82, 2.24) is 20.6 Å². The average Bonchev–Trinajstić information content (AvgIpc) is 2.73. The molecule has 0 bridgehead atoms. The first-order chi connectivity index (χ1) is 14.5. The van der Waals surface area contributed by atoms with Gasteiger partial charge in [0, 0.05) is 12.8 Å². The number of amides is 1. The number of carbonyl (C=O) groups excluding carboxylic acids is 1. The molecule has 1 aromatic heterocycles. The van der Waals surface area contributed by atoms with Crippen molar-refractivity contribution < 1.29 is 14.3 Å². The van der Waals surface area contributed by atoms with E-state index in [0.29, 0.717) is 18.1 Å². The number of ether oxygens (including phenoxy) is 2. The van der Waals surface area contributed by atoms with Crippen molar-refractivity contribution >= 4 is 12.1 Å². The van der Waals surface area contributed by atoms with Crippen LogP contribution in [-0.2, 0) is 11.2 Å². The number of aryl methyl sites for hydroxylation is 1. The highest BCUT2D eigenvalue weighted by molar-refractivity contribution is 5.83. The third kappa shape index (κ3) is 7.53. The number of hydrazone groups is 1. The van der Waals surface area contributed by atoms with Gasteiger partial charge in [0.25, 0.3) is 5.56 Å². The van der Waals surface area contributed by atoms with Crippen LogP contribution in [0.2, 0.25) is 0 Å². The summed E-state index contributed by atoms with van der Waals surface area (Å²) in [4.78, 5) is 36.4. The monoisotopic (exact) mass is 417 g/mol. The normalized spacial score (nSPS) is 10.9. The van der Waals surface area contributed by atoms with E-state index in [-0.39, 0.29) is 18.5 Å². The summed E-state index contributed by atoms with van der Waals surface area (Å²) in [5.74, 6) is 0.857. The van der Waals surface area contributed by atoms with E-state index in [9.17, 15) is 14.4 Å². The second-order valence-electron chi connectivity index (χ2n) is 6.57. The lowest BCUT2D eigenvalue weighted by Crippen LogP contribution is -2.28. The maximum atomic E-state index is 11.9. The van der Waals surface area contributed by atoms with Crippen molar-refractivity contribution in [3.8, 4) is 11.5 Å². The van der Waals surface area contributed by atoms with Crippen molar-refractivity contribution in [2.24, 2.45) is 5.10 Å². The predicted octanol–water partition coefficient (Wildman–Crippen LogP) is 1.51. The second kappa shape index (κ2) is 12.2. The highest BCUT2D eigenvalue weighted by Gasteiger charge is 2.07.